The predicted octanol–water partition coefficient (Wildman–Crippen LogP) is 4.09. The first-order valence-electron chi connectivity index (χ1n) is 7.33. The highest BCUT2D eigenvalue weighted by molar-refractivity contribution is 5.88. The van der Waals surface area contributed by atoms with Gasteiger partial charge in [0.15, 0.2) is 0 Å². The molecular weight excluding hydrogens is 306 g/mol. The summed E-state index contributed by atoms with van der Waals surface area (Å²) in [4.78, 5) is 8.64. The normalized spacial score (nSPS) is 10.7. The molecule has 0 N–H and O–H groups in total. The van der Waals surface area contributed by atoms with Crippen molar-refractivity contribution in [2.45, 2.75) is 0 Å². The van der Waals surface area contributed by atoms with Crippen molar-refractivity contribution in [3.63, 3.8) is 0 Å². The van der Waals surface area contributed by atoms with E-state index in [1.54, 1.807) is 25.4 Å². The maximum atomic E-state index is 5.75. The first-order valence-corrected chi connectivity index (χ1v) is 7.33. The molecule has 0 saturated heterocycles. The molecule has 0 radical (unpaired) electrons. The molecule has 6 nitrogen and oxygen atoms in total. The molecule has 0 aliphatic heterocycles. The Labute approximate surface area is 137 Å². The van der Waals surface area contributed by atoms with Gasteiger partial charge in [-0.3, -0.25) is 4.98 Å². The van der Waals surface area contributed by atoms with Gasteiger partial charge in [-0.1, -0.05) is 17.3 Å². The maximum absolute atomic E-state index is 5.75. The Morgan fingerprint density at radius 2 is 1.88 bits per heavy atom. The van der Waals surface area contributed by atoms with E-state index in [-0.39, 0.29) is 0 Å². The molecule has 0 aliphatic carbocycles. The lowest BCUT2D eigenvalue weighted by Crippen LogP contribution is -1.89. The van der Waals surface area contributed by atoms with E-state index in [0.717, 1.165) is 11.1 Å². The molecule has 0 aliphatic rings. The van der Waals surface area contributed by atoms with Crippen LogP contribution in [0.4, 0.5) is 0 Å². The van der Waals surface area contributed by atoms with Gasteiger partial charge in [-0.25, -0.2) is 0 Å². The van der Waals surface area contributed by atoms with Gasteiger partial charge in [-0.05, 0) is 30.3 Å². The van der Waals surface area contributed by atoms with Gasteiger partial charge < -0.3 is 14.0 Å². The number of nitrogens with zero attached hydrogens (tertiary/aromatic N) is 3. The number of methoxy groups -OCH3 is 1. The molecule has 0 unspecified atom stereocenters. The second-order valence-electron chi connectivity index (χ2n) is 5.03. The van der Waals surface area contributed by atoms with E-state index in [1.807, 2.05) is 42.5 Å². The number of hydrogen-bond acceptors (Lipinski definition) is 6. The molecule has 118 valence electrons. The van der Waals surface area contributed by atoms with Gasteiger partial charge in [-0.15, -0.1) is 0 Å². The monoisotopic (exact) mass is 319 g/mol. The second-order valence-corrected chi connectivity index (χ2v) is 5.03. The SMILES string of the molecule is COc1cccc(Oc2ccc3c(-c4ccccn4)noc3n2)c1. The third kappa shape index (κ3) is 2.65. The van der Waals surface area contributed by atoms with Crippen LogP contribution in [0.1, 0.15) is 0 Å². The van der Waals surface area contributed by atoms with Gasteiger partial charge >= 0.3 is 0 Å². The number of aromatic nitrogens is 3. The highest BCUT2D eigenvalue weighted by atomic mass is 16.5. The molecule has 0 saturated carbocycles. The second kappa shape index (κ2) is 6.00. The van der Waals surface area contributed by atoms with E-state index >= 15 is 0 Å². The molecule has 0 spiro atoms. The summed E-state index contributed by atoms with van der Waals surface area (Å²) in [6, 6.07) is 16.6. The summed E-state index contributed by atoms with van der Waals surface area (Å²) in [6.45, 7) is 0. The fourth-order valence-electron chi connectivity index (χ4n) is 2.34. The molecular formula is C18H13N3O3. The average Bonchev–Trinajstić information content (AvgIpc) is 3.06. The zero-order valence-corrected chi connectivity index (χ0v) is 12.8. The molecule has 0 amide bonds. The van der Waals surface area contributed by atoms with Crippen molar-refractivity contribution in [1.82, 2.24) is 15.1 Å². The van der Waals surface area contributed by atoms with Crippen LogP contribution < -0.4 is 9.47 Å². The summed E-state index contributed by atoms with van der Waals surface area (Å²) in [5, 5.41) is 4.85. The van der Waals surface area contributed by atoms with Crippen molar-refractivity contribution in [2.75, 3.05) is 7.11 Å². The van der Waals surface area contributed by atoms with Crippen molar-refractivity contribution >= 4 is 11.1 Å². The smallest absolute Gasteiger partial charge is 0.261 e. The van der Waals surface area contributed by atoms with Crippen molar-refractivity contribution in [3.8, 4) is 28.8 Å². The molecule has 0 fully saturated rings. The largest absolute Gasteiger partial charge is 0.497 e. The van der Waals surface area contributed by atoms with Crippen LogP contribution >= 0.6 is 0 Å². The molecule has 0 bridgehead atoms. The van der Waals surface area contributed by atoms with Crippen LogP contribution in [-0.2, 0) is 0 Å². The minimum atomic E-state index is 0.399. The van der Waals surface area contributed by atoms with Crippen LogP contribution in [0.15, 0.2) is 65.3 Å². The van der Waals surface area contributed by atoms with E-state index in [1.165, 1.54) is 0 Å². The third-order valence-electron chi connectivity index (χ3n) is 3.48. The van der Waals surface area contributed by atoms with Crippen LogP contribution in [0.2, 0.25) is 0 Å². The number of ether oxygens (including phenoxy) is 2. The quantitative estimate of drug-likeness (QED) is 0.564. The number of benzene rings is 1. The van der Waals surface area contributed by atoms with Crippen LogP contribution in [0.25, 0.3) is 22.5 Å². The first-order chi connectivity index (χ1) is 11.8. The Morgan fingerprint density at radius 3 is 2.71 bits per heavy atom. The summed E-state index contributed by atoms with van der Waals surface area (Å²) in [7, 11) is 1.61. The zero-order valence-electron chi connectivity index (χ0n) is 12.8. The number of rotatable bonds is 4. The summed E-state index contributed by atoms with van der Waals surface area (Å²) < 4.78 is 16.2. The number of hydrogen-bond donors (Lipinski definition) is 0. The van der Waals surface area contributed by atoms with Crippen LogP contribution in [0.3, 0.4) is 0 Å². The molecule has 24 heavy (non-hydrogen) atoms. The summed E-state index contributed by atoms with van der Waals surface area (Å²) in [6.07, 6.45) is 1.71. The van der Waals surface area contributed by atoms with Gasteiger partial charge in [-0.2, -0.15) is 4.98 Å². The molecule has 3 aromatic heterocycles. The Balaban J connectivity index is 1.67. The topological polar surface area (TPSA) is 70.3 Å². The highest BCUT2D eigenvalue weighted by Crippen LogP contribution is 2.29. The van der Waals surface area contributed by atoms with E-state index in [2.05, 4.69) is 15.1 Å². The molecule has 4 aromatic rings. The average molecular weight is 319 g/mol. The molecule has 0 atom stereocenters. The highest BCUT2D eigenvalue weighted by Gasteiger charge is 2.13. The predicted molar refractivity (Wildman–Crippen MR) is 88.1 cm³/mol. The van der Waals surface area contributed by atoms with Crippen LogP contribution in [0.5, 0.6) is 17.4 Å². The van der Waals surface area contributed by atoms with Crippen molar-refractivity contribution in [2.24, 2.45) is 0 Å². The van der Waals surface area contributed by atoms with E-state index in [9.17, 15) is 0 Å². The van der Waals surface area contributed by atoms with Crippen LogP contribution in [0, 0.1) is 0 Å². The van der Waals surface area contributed by atoms with Crippen molar-refractivity contribution < 1.29 is 14.0 Å². The lowest BCUT2D eigenvalue weighted by Gasteiger charge is -2.06. The van der Waals surface area contributed by atoms with Crippen LogP contribution in [-0.4, -0.2) is 22.2 Å². The third-order valence-corrected chi connectivity index (χ3v) is 3.48. The van der Waals surface area contributed by atoms with Crippen molar-refractivity contribution in [1.29, 1.82) is 0 Å². The summed E-state index contributed by atoms with van der Waals surface area (Å²) in [5.41, 5.74) is 1.79. The molecule has 1 aromatic carbocycles. The Bertz CT molecular complexity index is 983. The zero-order chi connectivity index (χ0) is 16.4. The lowest BCUT2D eigenvalue weighted by atomic mass is 10.2. The Kier molecular flexibility index (Phi) is 3.55. The van der Waals surface area contributed by atoms with E-state index in [0.29, 0.717) is 28.8 Å². The van der Waals surface area contributed by atoms with Crippen molar-refractivity contribution in [3.05, 3.63) is 60.8 Å². The Hall–Kier alpha value is -3.41. The van der Waals surface area contributed by atoms with E-state index < -0.39 is 0 Å². The Morgan fingerprint density at radius 1 is 0.958 bits per heavy atom. The maximum Gasteiger partial charge on any atom is 0.261 e. The molecule has 3 heterocycles. The van der Waals surface area contributed by atoms with Gasteiger partial charge in [0.2, 0.25) is 5.88 Å². The minimum absolute atomic E-state index is 0.399. The number of pyridine rings is 2. The van der Waals surface area contributed by atoms with E-state index in [4.69, 9.17) is 14.0 Å². The standard InChI is InChI=1S/C18H13N3O3/c1-22-12-5-4-6-13(11-12)23-16-9-8-14-17(21-24-18(14)20-16)15-7-2-3-10-19-15/h2-11H,1H3. The molecule has 6 heteroatoms. The van der Waals surface area contributed by atoms with Gasteiger partial charge in [0.25, 0.3) is 5.71 Å². The van der Waals surface area contributed by atoms with Gasteiger partial charge in [0.05, 0.1) is 18.2 Å². The fraction of sp³-hybridized carbons (Fsp3) is 0.0556. The number of fused-ring (bicyclic) bond motifs is 1. The fourth-order valence-corrected chi connectivity index (χ4v) is 2.34. The summed E-state index contributed by atoms with van der Waals surface area (Å²) in [5.74, 6) is 1.76. The van der Waals surface area contributed by atoms with Gasteiger partial charge in [0.1, 0.15) is 17.2 Å². The molecule has 4 rings (SSSR count). The minimum Gasteiger partial charge on any atom is -0.497 e. The first kappa shape index (κ1) is 14.2. The lowest BCUT2D eigenvalue weighted by molar-refractivity contribution is 0.406. The summed E-state index contributed by atoms with van der Waals surface area (Å²) >= 11 is 0. The van der Waals surface area contributed by atoms with Gasteiger partial charge in [0, 0.05) is 18.3 Å².